The van der Waals surface area contributed by atoms with Crippen molar-refractivity contribution < 1.29 is 14.0 Å². The van der Waals surface area contributed by atoms with Gasteiger partial charge in [-0.15, -0.1) is 0 Å². The molecule has 37 heavy (non-hydrogen) atoms. The molecule has 192 valence electrons. The summed E-state index contributed by atoms with van der Waals surface area (Å²) >= 11 is 23.9. The number of thiocarbonyl (C=S) groups is 1. The van der Waals surface area contributed by atoms with E-state index in [1.165, 1.54) is 12.2 Å². The van der Waals surface area contributed by atoms with E-state index in [2.05, 4.69) is 15.5 Å². The largest absolute Gasteiger partial charge is 0.457 e. The molecule has 3 aromatic rings. The number of carbonyl (C=O) groups is 2. The molecule has 0 atom stereocenters. The Morgan fingerprint density at radius 3 is 2.32 bits per heavy atom. The van der Waals surface area contributed by atoms with E-state index in [9.17, 15) is 9.59 Å². The number of benzene rings is 2. The molecule has 7 nitrogen and oxygen atoms in total. The van der Waals surface area contributed by atoms with Crippen molar-refractivity contribution in [3.63, 3.8) is 0 Å². The summed E-state index contributed by atoms with van der Waals surface area (Å²) < 4.78 is 5.75. The maximum absolute atomic E-state index is 12.3. The Balaban J connectivity index is 1.30. The van der Waals surface area contributed by atoms with Crippen LogP contribution in [0.4, 0.5) is 11.4 Å². The van der Waals surface area contributed by atoms with Crippen molar-refractivity contribution in [1.82, 2.24) is 10.2 Å². The summed E-state index contributed by atoms with van der Waals surface area (Å²) in [6.07, 6.45) is 2.85. The lowest BCUT2D eigenvalue weighted by Crippen LogP contribution is -2.48. The van der Waals surface area contributed by atoms with Gasteiger partial charge in [-0.2, -0.15) is 0 Å². The molecule has 4 rings (SSSR count). The zero-order valence-electron chi connectivity index (χ0n) is 19.8. The Morgan fingerprint density at radius 2 is 1.68 bits per heavy atom. The van der Waals surface area contributed by atoms with Crippen molar-refractivity contribution in [2.24, 2.45) is 0 Å². The zero-order valence-corrected chi connectivity index (χ0v) is 22.8. The lowest BCUT2D eigenvalue weighted by atomic mass is 10.2. The first-order valence-electron chi connectivity index (χ1n) is 11.3. The van der Waals surface area contributed by atoms with Crippen LogP contribution in [-0.2, 0) is 9.59 Å². The molecule has 0 bridgehead atoms. The van der Waals surface area contributed by atoms with Gasteiger partial charge in [0.05, 0.1) is 10.7 Å². The second-order valence-electron chi connectivity index (χ2n) is 8.30. The number of furan rings is 1. The normalized spacial score (nSPS) is 13.6. The van der Waals surface area contributed by atoms with Gasteiger partial charge in [-0.3, -0.25) is 14.9 Å². The summed E-state index contributed by atoms with van der Waals surface area (Å²) in [6.45, 7) is 4.30. The van der Waals surface area contributed by atoms with Gasteiger partial charge in [0.15, 0.2) is 5.11 Å². The number of hydrogen-bond acceptors (Lipinski definition) is 5. The maximum Gasteiger partial charge on any atom is 0.250 e. The maximum atomic E-state index is 12.3. The minimum Gasteiger partial charge on any atom is -0.457 e. The third-order valence-corrected chi connectivity index (χ3v) is 6.62. The van der Waals surface area contributed by atoms with Gasteiger partial charge in [0.2, 0.25) is 11.8 Å². The van der Waals surface area contributed by atoms with Crippen LogP contribution < -0.4 is 15.5 Å². The van der Waals surface area contributed by atoms with Crippen LogP contribution in [-0.4, -0.2) is 48.0 Å². The summed E-state index contributed by atoms with van der Waals surface area (Å²) in [7, 11) is 0. The van der Waals surface area contributed by atoms with E-state index in [0.717, 1.165) is 11.3 Å². The average Bonchev–Trinajstić information content (AvgIpc) is 3.31. The Hall–Kier alpha value is -3.04. The zero-order chi connectivity index (χ0) is 26.5. The number of carbonyl (C=O) groups excluding carboxylic acids is 2. The van der Waals surface area contributed by atoms with E-state index in [1.807, 2.05) is 17.0 Å². The van der Waals surface area contributed by atoms with Crippen molar-refractivity contribution in [3.05, 3.63) is 75.4 Å². The highest BCUT2D eigenvalue weighted by atomic mass is 35.5. The number of nitrogens with one attached hydrogen (secondary N) is 2. The molecule has 0 saturated carbocycles. The molecule has 11 heteroatoms. The van der Waals surface area contributed by atoms with Crippen LogP contribution in [0.5, 0.6) is 0 Å². The molecule has 0 unspecified atom stereocenters. The third-order valence-electron chi connectivity index (χ3n) is 5.68. The smallest absolute Gasteiger partial charge is 0.250 e. The van der Waals surface area contributed by atoms with Gasteiger partial charge in [0, 0.05) is 60.5 Å². The van der Waals surface area contributed by atoms with Gasteiger partial charge in [-0.1, -0.05) is 34.8 Å². The number of rotatable bonds is 5. The average molecular weight is 578 g/mol. The number of nitrogens with zero attached hydrogens (tertiary/aromatic N) is 2. The molecule has 1 saturated heterocycles. The summed E-state index contributed by atoms with van der Waals surface area (Å²) in [5, 5.41) is 7.23. The molecule has 0 aliphatic carbocycles. The molecule has 2 heterocycles. The third kappa shape index (κ3) is 7.26. The van der Waals surface area contributed by atoms with Crippen LogP contribution in [0.25, 0.3) is 17.4 Å². The number of amides is 2. The van der Waals surface area contributed by atoms with E-state index in [-0.39, 0.29) is 11.0 Å². The Labute approximate surface area is 235 Å². The molecule has 2 amide bonds. The molecular weight excluding hydrogens is 555 g/mol. The first-order chi connectivity index (χ1) is 17.7. The van der Waals surface area contributed by atoms with Gasteiger partial charge < -0.3 is 19.5 Å². The van der Waals surface area contributed by atoms with Crippen LogP contribution in [0.1, 0.15) is 12.7 Å². The molecule has 2 aromatic carbocycles. The summed E-state index contributed by atoms with van der Waals surface area (Å²) in [4.78, 5) is 27.8. The number of hydrogen-bond donors (Lipinski definition) is 2. The predicted octanol–water partition coefficient (Wildman–Crippen LogP) is 6.10. The highest BCUT2D eigenvalue weighted by molar-refractivity contribution is 7.80. The fourth-order valence-electron chi connectivity index (χ4n) is 3.87. The minimum absolute atomic E-state index is 0.0764. The minimum atomic E-state index is -0.424. The van der Waals surface area contributed by atoms with E-state index >= 15 is 0 Å². The van der Waals surface area contributed by atoms with Gasteiger partial charge >= 0.3 is 0 Å². The van der Waals surface area contributed by atoms with Crippen LogP contribution >= 0.6 is 47.0 Å². The second kappa shape index (κ2) is 12.0. The molecule has 1 aliphatic heterocycles. The molecule has 1 aliphatic rings. The van der Waals surface area contributed by atoms with Crippen LogP contribution in [0.2, 0.25) is 15.1 Å². The molecule has 2 N–H and O–H groups in total. The molecule has 0 radical (unpaired) electrons. The highest BCUT2D eigenvalue weighted by Crippen LogP contribution is 2.30. The van der Waals surface area contributed by atoms with E-state index < -0.39 is 5.91 Å². The molecular formula is C26H23Cl3N4O3S. The van der Waals surface area contributed by atoms with Gasteiger partial charge in [0.1, 0.15) is 11.5 Å². The van der Waals surface area contributed by atoms with Crippen LogP contribution in [0.15, 0.2) is 59.0 Å². The summed E-state index contributed by atoms with van der Waals surface area (Å²) in [5.74, 6) is 0.703. The first kappa shape index (κ1) is 27.0. The summed E-state index contributed by atoms with van der Waals surface area (Å²) in [6, 6.07) is 14.1. The van der Waals surface area contributed by atoms with Crippen LogP contribution in [0.3, 0.4) is 0 Å². The highest BCUT2D eigenvalue weighted by Gasteiger charge is 2.20. The van der Waals surface area contributed by atoms with Crippen LogP contribution in [0, 0.1) is 0 Å². The monoisotopic (exact) mass is 576 g/mol. The fraction of sp³-hybridized carbons (Fsp3) is 0.192. The number of piperazine rings is 1. The standard InChI is InChI=1S/C26H23Cl3N4O3S/c1-16(34)32-8-10-33(11-9-32)23-5-2-20(15-22(23)29)30-26(37)31-25(35)7-4-21-3-6-24(36-21)17-12-18(27)14-19(28)13-17/h2-7,12-15H,8-11H2,1H3,(H2,30,31,35,37)/b7-4+. The SMILES string of the molecule is CC(=O)N1CCN(c2ccc(NC(=S)NC(=O)/C=C/c3ccc(-c4cc(Cl)cc(Cl)c4)o3)cc2Cl)CC1. The lowest BCUT2D eigenvalue weighted by molar-refractivity contribution is -0.129. The van der Waals surface area contributed by atoms with Crippen molar-refractivity contribution in [2.75, 3.05) is 36.4 Å². The molecule has 0 spiro atoms. The Bertz CT molecular complexity index is 1350. The van der Waals surface area contributed by atoms with Gasteiger partial charge in [-0.05, 0) is 66.8 Å². The van der Waals surface area contributed by atoms with Crippen molar-refractivity contribution in [1.29, 1.82) is 0 Å². The topological polar surface area (TPSA) is 77.8 Å². The quantitative estimate of drug-likeness (QED) is 0.282. The Morgan fingerprint density at radius 1 is 0.973 bits per heavy atom. The molecule has 1 fully saturated rings. The second-order valence-corrected chi connectivity index (χ2v) is 9.98. The fourth-order valence-corrected chi connectivity index (χ4v) is 4.92. The Kier molecular flexibility index (Phi) is 8.76. The predicted molar refractivity (Wildman–Crippen MR) is 153 cm³/mol. The summed E-state index contributed by atoms with van der Waals surface area (Å²) in [5.41, 5.74) is 2.25. The first-order valence-corrected chi connectivity index (χ1v) is 12.9. The van der Waals surface area contributed by atoms with E-state index in [1.54, 1.807) is 43.3 Å². The van der Waals surface area contributed by atoms with Gasteiger partial charge in [0.25, 0.3) is 0 Å². The number of anilines is 2. The van der Waals surface area contributed by atoms with Gasteiger partial charge in [-0.25, -0.2) is 0 Å². The van der Waals surface area contributed by atoms with E-state index in [0.29, 0.717) is 58.5 Å². The lowest BCUT2D eigenvalue weighted by Gasteiger charge is -2.36. The van der Waals surface area contributed by atoms with E-state index in [4.69, 9.17) is 51.4 Å². The van der Waals surface area contributed by atoms with Crippen molar-refractivity contribution >= 4 is 81.4 Å². The van der Waals surface area contributed by atoms with Crippen molar-refractivity contribution in [3.8, 4) is 11.3 Å². The number of halogens is 3. The molecule has 1 aromatic heterocycles. The van der Waals surface area contributed by atoms with Crippen molar-refractivity contribution in [2.45, 2.75) is 6.92 Å².